The molecule has 0 unspecified atom stereocenters. The molecule has 0 bridgehead atoms. The maximum atomic E-state index is 12.4. The molecule has 2 aromatic rings. The van der Waals surface area contributed by atoms with Gasteiger partial charge in [0.2, 0.25) is 0 Å². The van der Waals surface area contributed by atoms with Gasteiger partial charge in [-0.15, -0.1) is 0 Å². The van der Waals surface area contributed by atoms with E-state index in [2.05, 4.69) is 6.07 Å². The van der Waals surface area contributed by atoms with Crippen molar-refractivity contribution < 1.29 is 18.3 Å². The Balaban J connectivity index is 1.93. The predicted molar refractivity (Wildman–Crippen MR) is 108 cm³/mol. The van der Waals surface area contributed by atoms with Crippen molar-refractivity contribution in [2.24, 2.45) is 5.92 Å². The van der Waals surface area contributed by atoms with E-state index in [9.17, 15) is 18.8 Å². The molecule has 0 saturated carbocycles. The lowest BCUT2D eigenvalue weighted by Crippen LogP contribution is -2.46. The molecule has 148 valence electrons. The highest BCUT2D eigenvalue weighted by Gasteiger charge is 2.43. The lowest BCUT2D eigenvalue weighted by atomic mass is 9.78. The molecule has 1 fully saturated rings. The maximum absolute atomic E-state index is 12.4. The number of rotatable bonds is 5. The van der Waals surface area contributed by atoms with Crippen molar-refractivity contribution in [2.45, 2.75) is 31.1 Å². The topological polar surface area (TPSA) is 87.4 Å². The standard InChI is InChI=1S/C22H25NO4S/c1-16(2)28(25,26)15-20-14-27-12-11-22(20,24)19-9-7-17(8-10-19)21-6-4-3-5-18(21)13-23/h3-10,16,20,24H,11-12,14-15H2,1-2H3/t20-,22+/m0/s1. The maximum Gasteiger partial charge on any atom is 0.153 e. The predicted octanol–water partition coefficient (Wildman–Crippen LogP) is 3.27. The molecule has 28 heavy (non-hydrogen) atoms. The fraction of sp³-hybridized carbons (Fsp3) is 0.409. The highest BCUT2D eigenvalue weighted by Crippen LogP contribution is 2.38. The molecule has 0 aliphatic carbocycles. The summed E-state index contributed by atoms with van der Waals surface area (Å²) in [6, 6.07) is 16.9. The summed E-state index contributed by atoms with van der Waals surface area (Å²) in [7, 11) is -3.31. The van der Waals surface area contributed by atoms with Crippen molar-refractivity contribution in [3.63, 3.8) is 0 Å². The van der Waals surface area contributed by atoms with Gasteiger partial charge >= 0.3 is 0 Å². The fourth-order valence-electron chi connectivity index (χ4n) is 3.60. The van der Waals surface area contributed by atoms with Gasteiger partial charge in [0, 0.05) is 18.9 Å². The lowest BCUT2D eigenvalue weighted by molar-refractivity contribution is -0.110. The second kappa shape index (κ2) is 8.04. The average molecular weight is 400 g/mol. The summed E-state index contributed by atoms with van der Waals surface area (Å²) in [5.41, 5.74) is 1.71. The molecule has 0 amide bonds. The number of benzene rings is 2. The molecule has 1 aliphatic rings. The van der Waals surface area contributed by atoms with Crippen LogP contribution in [0.4, 0.5) is 0 Å². The van der Waals surface area contributed by atoms with Gasteiger partial charge in [0.1, 0.15) is 0 Å². The van der Waals surface area contributed by atoms with Crippen LogP contribution in [0.1, 0.15) is 31.4 Å². The van der Waals surface area contributed by atoms with Crippen molar-refractivity contribution >= 4 is 9.84 Å². The first-order chi connectivity index (χ1) is 13.3. The van der Waals surface area contributed by atoms with Crippen molar-refractivity contribution in [3.05, 3.63) is 59.7 Å². The van der Waals surface area contributed by atoms with Gasteiger partial charge in [-0.05, 0) is 36.6 Å². The quantitative estimate of drug-likeness (QED) is 0.834. The Morgan fingerprint density at radius 1 is 1.21 bits per heavy atom. The highest BCUT2D eigenvalue weighted by atomic mass is 32.2. The summed E-state index contributed by atoms with van der Waals surface area (Å²) < 4.78 is 30.3. The van der Waals surface area contributed by atoms with Crippen LogP contribution in [0.5, 0.6) is 0 Å². The van der Waals surface area contributed by atoms with E-state index in [-0.39, 0.29) is 12.4 Å². The molecule has 1 saturated heterocycles. The van der Waals surface area contributed by atoms with E-state index >= 15 is 0 Å². The zero-order valence-corrected chi connectivity index (χ0v) is 16.9. The molecule has 0 aromatic heterocycles. The third-order valence-corrected chi connectivity index (χ3v) is 7.82. The Morgan fingerprint density at radius 2 is 1.89 bits per heavy atom. The molecular weight excluding hydrogens is 374 g/mol. The first kappa shape index (κ1) is 20.5. The normalized spacial score (nSPS) is 22.8. The van der Waals surface area contributed by atoms with Gasteiger partial charge in [-0.1, -0.05) is 42.5 Å². The first-order valence-corrected chi connectivity index (χ1v) is 11.1. The summed E-state index contributed by atoms with van der Waals surface area (Å²) >= 11 is 0. The van der Waals surface area contributed by atoms with E-state index < -0.39 is 26.6 Å². The molecule has 1 heterocycles. The number of sulfone groups is 1. The van der Waals surface area contributed by atoms with Gasteiger partial charge in [0.05, 0.1) is 34.8 Å². The summed E-state index contributed by atoms with van der Waals surface area (Å²) in [5, 5.41) is 20.2. The minimum Gasteiger partial charge on any atom is -0.385 e. The molecule has 3 rings (SSSR count). The van der Waals surface area contributed by atoms with Crippen molar-refractivity contribution in [2.75, 3.05) is 19.0 Å². The minimum absolute atomic E-state index is 0.111. The first-order valence-electron chi connectivity index (χ1n) is 9.39. The summed E-state index contributed by atoms with van der Waals surface area (Å²) in [5.74, 6) is -0.633. The second-order valence-corrected chi connectivity index (χ2v) is 10.2. The monoisotopic (exact) mass is 399 g/mol. The van der Waals surface area contributed by atoms with Gasteiger partial charge in [0.15, 0.2) is 9.84 Å². The number of hydrogen-bond donors (Lipinski definition) is 1. The zero-order chi connectivity index (χ0) is 20.4. The van der Waals surface area contributed by atoms with Crippen molar-refractivity contribution in [3.8, 4) is 17.2 Å². The van der Waals surface area contributed by atoms with E-state index in [1.54, 1.807) is 19.9 Å². The Hall–Kier alpha value is -2.20. The van der Waals surface area contributed by atoms with E-state index in [4.69, 9.17) is 4.74 Å². The largest absolute Gasteiger partial charge is 0.385 e. The van der Waals surface area contributed by atoms with Gasteiger partial charge in [-0.2, -0.15) is 5.26 Å². The van der Waals surface area contributed by atoms with Crippen LogP contribution in [-0.4, -0.2) is 37.7 Å². The van der Waals surface area contributed by atoms with Gasteiger partial charge < -0.3 is 9.84 Å². The number of aliphatic hydroxyl groups is 1. The van der Waals surface area contributed by atoms with Crippen LogP contribution < -0.4 is 0 Å². The molecule has 1 aliphatic heterocycles. The fourth-order valence-corrected chi connectivity index (χ4v) is 4.92. The molecule has 2 atom stereocenters. The molecule has 2 aromatic carbocycles. The Labute approximate surface area is 166 Å². The van der Waals surface area contributed by atoms with Gasteiger partial charge in [0.25, 0.3) is 0 Å². The van der Waals surface area contributed by atoms with Crippen LogP contribution in [0.25, 0.3) is 11.1 Å². The van der Waals surface area contributed by atoms with Crippen LogP contribution in [0, 0.1) is 17.2 Å². The average Bonchev–Trinajstić information content (AvgIpc) is 2.69. The van der Waals surface area contributed by atoms with Gasteiger partial charge in [-0.25, -0.2) is 8.42 Å². The van der Waals surface area contributed by atoms with Gasteiger partial charge in [-0.3, -0.25) is 0 Å². The number of ether oxygens (including phenoxy) is 1. The highest BCUT2D eigenvalue weighted by molar-refractivity contribution is 7.91. The van der Waals surface area contributed by atoms with Crippen LogP contribution >= 0.6 is 0 Å². The van der Waals surface area contributed by atoms with E-state index in [1.165, 1.54) is 0 Å². The summed E-state index contributed by atoms with van der Waals surface area (Å²) in [6.07, 6.45) is 0.347. The third kappa shape index (κ3) is 3.97. The summed E-state index contributed by atoms with van der Waals surface area (Å²) in [6.45, 7) is 3.90. The second-order valence-electron chi connectivity index (χ2n) is 7.56. The van der Waals surface area contributed by atoms with Crippen LogP contribution in [0.3, 0.4) is 0 Å². The van der Waals surface area contributed by atoms with E-state index in [0.717, 1.165) is 11.1 Å². The molecule has 5 nitrogen and oxygen atoms in total. The number of nitriles is 1. The smallest absolute Gasteiger partial charge is 0.153 e. The lowest BCUT2D eigenvalue weighted by Gasteiger charge is -2.40. The molecular formula is C22H25NO4S. The third-order valence-electron chi connectivity index (χ3n) is 5.52. The molecule has 0 spiro atoms. The van der Waals surface area contributed by atoms with Crippen LogP contribution in [0.15, 0.2) is 48.5 Å². The zero-order valence-electron chi connectivity index (χ0n) is 16.1. The van der Waals surface area contributed by atoms with E-state index in [0.29, 0.717) is 24.2 Å². The van der Waals surface area contributed by atoms with Crippen molar-refractivity contribution in [1.82, 2.24) is 0 Å². The van der Waals surface area contributed by atoms with E-state index in [1.807, 2.05) is 42.5 Å². The Bertz CT molecular complexity index is 976. The SMILES string of the molecule is CC(C)S(=O)(=O)C[C@@H]1COCC[C@@]1(O)c1ccc(-c2ccccc2C#N)cc1. The Morgan fingerprint density at radius 3 is 2.54 bits per heavy atom. The number of nitrogens with zero attached hydrogens (tertiary/aromatic N) is 1. The van der Waals surface area contributed by atoms with Crippen LogP contribution in [0.2, 0.25) is 0 Å². The minimum atomic E-state index is -3.31. The Kier molecular flexibility index (Phi) is 5.90. The van der Waals surface area contributed by atoms with Crippen molar-refractivity contribution in [1.29, 1.82) is 5.26 Å². The summed E-state index contributed by atoms with van der Waals surface area (Å²) in [4.78, 5) is 0. The van der Waals surface area contributed by atoms with Crippen LogP contribution in [-0.2, 0) is 20.2 Å². The number of hydrogen-bond acceptors (Lipinski definition) is 5. The molecule has 1 N–H and O–H groups in total. The molecule has 0 radical (unpaired) electrons. The molecule has 6 heteroatoms.